The average Bonchev–Trinajstić information content (AvgIpc) is 2.95. The molecule has 0 aromatic carbocycles. The van der Waals surface area contributed by atoms with Crippen molar-refractivity contribution in [1.29, 1.82) is 0 Å². The number of aromatic nitrogens is 2. The molecule has 1 aliphatic carbocycles. The molecule has 1 unspecified atom stereocenters. The molecule has 0 spiro atoms. The first-order chi connectivity index (χ1) is 9.22. The van der Waals surface area contributed by atoms with Crippen molar-refractivity contribution in [2.45, 2.75) is 38.6 Å². The van der Waals surface area contributed by atoms with Gasteiger partial charge in [0.25, 0.3) is 0 Å². The van der Waals surface area contributed by atoms with Crippen LogP contribution in [0.25, 0.3) is 0 Å². The van der Waals surface area contributed by atoms with E-state index in [0.29, 0.717) is 17.8 Å². The Bertz CT molecular complexity index is 566. The smallest absolute Gasteiger partial charge is 0.227 e. The maximum Gasteiger partial charge on any atom is 0.227 e. The van der Waals surface area contributed by atoms with Crippen LogP contribution in [-0.4, -0.2) is 16.7 Å². The maximum absolute atomic E-state index is 6.11. The molecule has 0 saturated heterocycles. The average molecular weight is 298 g/mol. The molecule has 2 aromatic heterocycles. The van der Waals surface area contributed by atoms with Crippen molar-refractivity contribution >= 4 is 22.9 Å². The maximum atomic E-state index is 6.11. The third kappa shape index (κ3) is 2.99. The lowest BCUT2D eigenvalue weighted by Gasteiger charge is -2.23. The summed E-state index contributed by atoms with van der Waals surface area (Å²) in [6, 6.07) is 2.52. The van der Waals surface area contributed by atoms with Gasteiger partial charge in [-0.15, -0.1) is 11.3 Å². The summed E-state index contributed by atoms with van der Waals surface area (Å²) in [6.07, 6.45) is 4.32. The lowest BCUT2D eigenvalue weighted by Crippen LogP contribution is -2.26. The topological polar surface area (TPSA) is 51.0 Å². The Kier molecular flexibility index (Phi) is 3.86. The molecule has 0 amide bonds. The summed E-state index contributed by atoms with van der Waals surface area (Å²) in [6.45, 7) is 2.68. The first kappa shape index (κ1) is 13.1. The largest absolute Gasteiger partial charge is 0.339 e. The number of fused-ring (bicyclic) bond motifs is 1. The van der Waals surface area contributed by atoms with Gasteiger partial charge in [0.15, 0.2) is 5.82 Å². The van der Waals surface area contributed by atoms with Gasteiger partial charge in [-0.05, 0) is 37.8 Å². The standard InChI is InChI=1S/C13H16ClN3OS/c1-8-16-13(18-17-8)5-6-15-10-3-2-4-11-9(10)7-12(14)19-11/h7,10,15H,2-6H2,1H3. The van der Waals surface area contributed by atoms with Crippen LogP contribution in [0.2, 0.25) is 4.34 Å². The normalized spacial score (nSPS) is 18.5. The van der Waals surface area contributed by atoms with Gasteiger partial charge < -0.3 is 9.84 Å². The molecular formula is C13H16ClN3OS. The highest BCUT2D eigenvalue weighted by molar-refractivity contribution is 7.16. The van der Waals surface area contributed by atoms with Gasteiger partial charge in [0.1, 0.15) is 0 Å². The van der Waals surface area contributed by atoms with Crippen molar-refractivity contribution in [3.05, 3.63) is 32.6 Å². The van der Waals surface area contributed by atoms with Crippen LogP contribution in [0.3, 0.4) is 0 Å². The second-order valence-electron chi connectivity index (χ2n) is 4.81. The molecule has 3 rings (SSSR count). The lowest BCUT2D eigenvalue weighted by atomic mass is 9.94. The number of aryl methyl sites for hydroxylation is 2. The van der Waals surface area contributed by atoms with E-state index in [4.69, 9.17) is 16.1 Å². The Morgan fingerprint density at radius 2 is 2.47 bits per heavy atom. The van der Waals surface area contributed by atoms with Crippen LogP contribution in [0.15, 0.2) is 10.6 Å². The van der Waals surface area contributed by atoms with Gasteiger partial charge in [-0.1, -0.05) is 16.8 Å². The van der Waals surface area contributed by atoms with Crippen molar-refractivity contribution in [3.63, 3.8) is 0 Å². The summed E-state index contributed by atoms with van der Waals surface area (Å²) in [5, 5.41) is 7.36. The van der Waals surface area contributed by atoms with Crippen molar-refractivity contribution < 1.29 is 4.52 Å². The van der Waals surface area contributed by atoms with Gasteiger partial charge in [0, 0.05) is 23.9 Å². The Labute approximate surface area is 121 Å². The number of hydrogen-bond acceptors (Lipinski definition) is 5. The number of halogens is 1. The van der Waals surface area contributed by atoms with Crippen LogP contribution < -0.4 is 5.32 Å². The van der Waals surface area contributed by atoms with Gasteiger partial charge in [0.05, 0.1) is 4.34 Å². The summed E-state index contributed by atoms with van der Waals surface area (Å²) >= 11 is 7.82. The van der Waals surface area contributed by atoms with Crippen LogP contribution in [-0.2, 0) is 12.8 Å². The fourth-order valence-corrected chi connectivity index (χ4v) is 3.91. The molecule has 0 aliphatic heterocycles. The fourth-order valence-electron chi connectivity index (χ4n) is 2.53. The Morgan fingerprint density at radius 1 is 1.58 bits per heavy atom. The van der Waals surface area contributed by atoms with Crippen molar-refractivity contribution in [2.75, 3.05) is 6.54 Å². The Balaban J connectivity index is 1.59. The number of hydrogen-bond donors (Lipinski definition) is 1. The minimum atomic E-state index is 0.413. The molecule has 4 nitrogen and oxygen atoms in total. The first-order valence-electron chi connectivity index (χ1n) is 6.53. The summed E-state index contributed by atoms with van der Waals surface area (Å²) in [5.74, 6) is 1.39. The molecule has 0 fully saturated rings. The van der Waals surface area contributed by atoms with Crippen LogP contribution in [0, 0.1) is 6.92 Å². The van der Waals surface area contributed by atoms with Gasteiger partial charge in [-0.2, -0.15) is 4.98 Å². The van der Waals surface area contributed by atoms with Crippen molar-refractivity contribution in [2.24, 2.45) is 0 Å². The van der Waals surface area contributed by atoms with E-state index in [9.17, 15) is 0 Å². The molecule has 0 saturated carbocycles. The van der Waals surface area contributed by atoms with Crippen LogP contribution >= 0.6 is 22.9 Å². The van der Waals surface area contributed by atoms with E-state index < -0.39 is 0 Å². The first-order valence-corrected chi connectivity index (χ1v) is 7.72. The van der Waals surface area contributed by atoms with E-state index in [-0.39, 0.29) is 0 Å². The fraction of sp³-hybridized carbons (Fsp3) is 0.538. The quantitative estimate of drug-likeness (QED) is 0.941. The minimum Gasteiger partial charge on any atom is -0.339 e. The highest BCUT2D eigenvalue weighted by Crippen LogP contribution is 2.37. The SMILES string of the molecule is Cc1noc(CCNC2CCCc3sc(Cl)cc32)n1. The number of rotatable bonds is 4. The molecule has 2 aromatic rings. The van der Waals surface area contributed by atoms with E-state index in [1.165, 1.54) is 23.3 Å². The van der Waals surface area contributed by atoms with Crippen molar-refractivity contribution in [1.82, 2.24) is 15.5 Å². The molecule has 2 heterocycles. The summed E-state index contributed by atoms with van der Waals surface area (Å²) in [7, 11) is 0. The lowest BCUT2D eigenvalue weighted by molar-refractivity contribution is 0.366. The molecule has 0 bridgehead atoms. The van der Waals surface area contributed by atoms with Gasteiger partial charge in [-0.3, -0.25) is 0 Å². The van der Waals surface area contributed by atoms with Gasteiger partial charge in [-0.25, -0.2) is 0 Å². The second kappa shape index (κ2) is 5.61. The van der Waals surface area contributed by atoms with E-state index >= 15 is 0 Å². The van der Waals surface area contributed by atoms with Gasteiger partial charge in [0.2, 0.25) is 5.89 Å². The predicted molar refractivity (Wildman–Crippen MR) is 75.7 cm³/mol. The van der Waals surface area contributed by atoms with E-state index in [2.05, 4.69) is 21.5 Å². The third-order valence-corrected chi connectivity index (χ3v) is 4.72. The van der Waals surface area contributed by atoms with Crippen LogP contribution in [0.1, 0.15) is 41.0 Å². The minimum absolute atomic E-state index is 0.413. The zero-order valence-corrected chi connectivity index (χ0v) is 12.4. The number of nitrogens with one attached hydrogen (secondary N) is 1. The molecule has 1 N–H and O–H groups in total. The number of nitrogens with zero attached hydrogens (tertiary/aromatic N) is 2. The van der Waals surface area contributed by atoms with E-state index in [0.717, 1.165) is 23.7 Å². The number of thiophene rings is 1. The zero-order chi connectivity index (χ0) is 13.2. The summed E-state index contributed by atoms with van der Waals surface area (Å²) < 4.78 is 6.00. The highest BCUT2D eigenvalue weighted by atomic mass is 35.5. The summed E-state index contributed by atoms with van der Waals surface area (Å²) in [4.78, 5) is 5.64. The van der Waals surface area contributed by atoms with Crippen LogP contribution in [0.4, 0.5) is 0 Å². The highest BCUT2D eigenvalue weighted by Gasteiger charge is 2.22. The molecule has 0 radical (unpaired) electrons. The monoisotopic (exact) mass is 297 g/mol. The van der Waals surface area contributed by atoms with Crippen molar-refractivity contribution in [3.8, 4) is 0 Å². The van der Waals surface area contributed by atoms with E-state index in [1.54, 1.807) is 11.3 Å². The molecule has 1 aliphatic rings. The summed E-state index contributed by atoms with van der Waals surface area (Å²) in [5.41, 5.74) is 1.38. The second-order valence-corrected chi connectivity index (χ2v) is 6.58. The molecule has 6 heteroatoms. The zero-order valence-electron chi connectivity index (χ0n) is 10.8. The molecule has 102 valence electrons. The molecule has 19 heavy (non-hydrogen) atoms. The predicted octanol–water partition coefficient (Wildman–Crippen LogP) is 3.30. The molecule has 1 atom stereocenters. The Morgan fingerprint density at radius 3 is 3.26 bits per heavy atom. The molecular weight excluding hydrogens is 282 g/mol. The van der Waals surface area contributed by atoms with Gasteiger partial charge >= 0.3 is 0 Å². The van der Waals surface area contributed by atoms with E-state index in [1.807, 2.05) is 6.92 Å². The van der Waals surface area contributed by atoms with Crippen LogP contribution in [0.5, 0.6) is 0 Å². The third-order valence-electron chi connectivity index (χ3n) is 3.38. The Hall–Kier alpha value is -0.910.